The van der Waals surface area contributed by atoms with Crippen LogP contribution in [0.25, 0.3) is 0 Å². The Morgan fingerprint density at radius 2 is 2.05 bits per heavy atom. The molecule has 2 aromatic rings. The van der Waals surface area contributed by atoms with Crippen LogP contribution < -0.4 is 5.32 Å². The zero-order valence-corrected chi connectivity index (χ0v) is 11.3. The highest BCUT2D eigenvalue weighted by Gasteiger charge is 2.08. The molecule has 1 heterocycles. The fourth-order valence-corrected chi connectivity index (χ4v) is 1.89. The van der Waals surface area contributed by atoms with Gasteiger partial charge in [0.15, 0.2) is 5.69 Å². The van der Waals surface area contributed by atoms with Crippen LogP contribution in [-0.4, -0.2) is 27.1 Å². The number of carbonyl (C=O) groups is 1. The minimum atomic E-state index is -1.07. The van der Waals surface area contributed by atoms with Gasteiger partial charge in [-0.1, -0.05) is 30.3 Å². The summed E-state index contributed by atoms with van der Waals surface area (Å²) in [5.41, 5.74) is 1.23. The molecule has 0 aliphatic rings. The van der Waals surface area contributed by atoms with Crippen LogP contribution in [0.5, 0.6) is 0 Å². The third-order valence-corrected chi connectivity index (χ3v) is 2.96. The fourth-order valence-electron chi connectivity index (χ4n) is 1.89. The zero-order chi connectivity index (χ0) is 14.4. The van der Waals surface area contributed by atoms with E-state index in [2.05, 4.69) is 27.4 Å². The van der Waals surface area contributed by atoms with Gasteiger partial charge in [-0.25, -0.2) is 9.78 Å². The van der Waals surface area contributed by atoms with Crippen LogP contribution in [0.2, 0.25) is 0 Å². The average Bonchev–Trinajstić information content (AvgIpc) is 2.46. The standard InChI is InChI=1S/C15H17N3O2/c1-11(7-8-12-5-3-2-4-6-12)17-14-10-16-9-13(18-14)15(19)20/h2-6,9-11H,7-8H2,1H3,(H,17,18)(H,19,20). The van der Waals surface area contributed by atoms with Gasteiger partial charge in [0.1, 0.15) is 5.82 Å². The molecule has 0 spiro atoms. The van der Waals surface area contributed by atoms with Crippen molar-refractivity contribution >= 4 is 11.8 Å². The summed E-state index contributed by atoms with van der Waals surface area (Å²) >= 11 is 0. The topological polar surface area (TPSA) is 75.1 Å². The van der Waals surface area contributed by atoms with E-state index < -0.39 is 5.97 Å². The van der Waals surface area contributed by atoms with E-state index in [4.69, 9.17) is 5.11 Å². The molecule has 2 N–H and O–H groups in total. The molecule has 0 aliphatic heterocycles. The summed E-state index contributed by atoms with van der Waals surface area (Å²) in [6.07, 6.45) is 4.66. The molecule has 1 atom stereocenters. The van der Waals surface area contributed by atoms with Crippen LogP contribution in [0.15, 0.2) is 42.7 Å². The molecule has 104 valence electrons. The molecule has 20 heavy (non-hydrogen) atoms. The second kappa shape index (κ2) is 6.65. The van der Waals surface area contributed by atoms with Crippen molar-refractivity contribution < 1.29 is 9.90 Å². The highest BCUT2D eigenvalue weighted by atomic mass is 16.4. The highest BCUT2D eigenvalue weighted by Crippen LogP contribution is 2.09. The minimum absolute atomic E-state index is 0.0507. The summed E-state index contributed by atoms with van der Waals surface area (Å²) < 4.78 is 0. The first-order chi connectivity index (χ1) is 9.65. The van der Waals surface area contributed by atoms with Crippen molar-refractivity contribution in [2.75, 3.05) is 5.32 Å². The largest absolute Gasteiger partial charge is 0.476 e. The molecule has 0 bridgehead atoms. The molecule has 1 unspecified atom stereocenters. The molecule has 0 radical (unpaired) electrons. The summed E-state index contributed by atoms with van der Waals surface area (Å²) in [5.74, 6) is -0.580. The first-order valence-electron chi connectivity index (χ1n) is 6.51. The molecule has 0 aliphatic carbocycles. The van der Waals surface area contributed by atoms with Crippen LogP contribution in [0.3, 0.4) is 0 Å². The summed E-state index contributed by atoms with van der Waals surface area (Å²) in [7, 11) is 0. The van der Waals surface area contributed by atoms with E-state index in [0.717, 1.165) is 12.8 Å². The van der Waals surface area contributed by atoms with Gasteiger partial charge < -0.3 is 10.4 Å². The lowest BCUT2D eigenvalue weighted by atomic mass is 10.1. The van der Waals surface area contributed by atoms with Crippen LogP contribution in [0.4, 0.5) is 5.82 Å². The fraction of sp³-hybridized carbons (Fsp3) is 0.267. The normalized spacial score (nSPS) is 11.8. The first kappa shape index (κ1) is 14.0. The molecule has 0 saturated heterocycles. The van der Waals surface area contributed by atoms with E-state index in [9.17, 15) is 4.79 Å². The second-order valence-corrected chi connectivity index (χ2v) is 4.66. The molecular weight excluding hydrogens is 254 g/mol. The van der Waals surface area contributed by atoms with Crippen molar-refractivity contribution in [1.82, 2.24) is 9.97 Å². The van der Waals surface area contributed by atoms with Gasteiger partial charge in [0.2, 0.25) is 0 Å². The van der Waals surface area contributed by atoms with Gasteiger partial charge >= 0.3 is 5.97 Å². The number of anilines is 1. The molecule has 0 amide bonds. The number of carboxylic acid groups (broad SMARTS) is 1. The Morgan fingerprint density at radius 1 is 1.30 bits per heavy atom. The Kier molecular flexibility index (Phi) is 4.65. The Hall–Kier alpha value is -2.43. The monoisotopic (exact) mass is 271 g/mol. The number of nitrogens with one attached hydrogen (secondary N) is 1. The SMILES string of the molecule is CC(CCc1ccccc1)Nc1cncc(C(=O)O)n1. The van der Waals surface area contributed by atoms with Gasteiger partial charge in [-0.15, -0.1) is 0 Å². The van der Waals surface area contributed by atoms with Gasteiger partial charge in [-0.05, 0) is 25.3 Å². The molecule has 1 aromatic carbocycles. The molecule has 5 heteroatoms. The first-order valence-corrected chi connectivity index (χ1v) is 6.51. The minimum Gasteiger partial charge on any atom is -0.476 e. The zero-order valence-electron chi connectivity index (χ0n) is 11.3. The predicted octanol–water partition coefficient (Wildman–Crippen LogP) is 2.61. The molecule has 0 saturated carbocycles. The van der Waals surface area contributed by atoms with E-state index in [1.165, 1.54) is 18.0 Å². The number of benzene rings is 1. The van der Waals surface area contributed by atoms with Crippen molar-refractivity contribution in [3.05, 3.63) is 54.0 Å². The number of aromatic nitrogens is 2. The number of aryl methyl sites for hydroxylation is 1. The lowest BCUT2D eigenvalue weighted by molar-refractivity contribution is 0.0690. The van der Waals surface area contributed by atoms with Crippen molar-refractivity contribution in [2.45, 2.75) is 25.8 Å². The Labute approximate surface area is 117 Å². The number of nitrogens with zero attached hydrogens (tertiary/aromatic N) is 2. The quantitative estimate of drug-likeness (QED) is 0.844. The van der Waals surface area contributed by atoms with Crippen molar-refractivity contribution in [1.29, 1.82) is 0 Å². The number of aromatic carboxylic acids is 1. The molecule has 1 aromatic heterocycles. The summed E-state index contributed by atoms with van der Waals surface area (Å²) in [6, 6.07) is 10.4. The third kappa shape index (κ3) is 4.05. The summed E-state index contributed by atoms with van der Waals surface area (Å²) in [6.45, 7) is 2.04. The van der Waals surface area contributed by atoms with E-state index >= 15 is 0 Å². The number of hydrogen-bond acceptors (Lipinski definition) is 4. The van der Waals surface area contributed by atoms with Crippen molar-refractivity contribution in [3.63, 3.8) is 0 Å². The Balaban J connectivity index is 1.89. The van der Waals surface area contributed by atoms with E-state index in [0.29, 0.717) is 5.82 Å². The van der Waals surface area contributed by atoms with Gasteiger partial charge in [0.05, 0.1) is 12.4 Å². The maximum Gasteiger partial charge on any atom is 0.356 e. The Morgan fingerprint density at radius 3 is 2.75 bits per heavy atom. The van der Waals surface area contributed by atoms with E-state index in [-0.39, 0.29) is 11.7 Å². The lowest BCUT2D eigenvalue weighted by Gasteiger charge is -2.14. The lowest BCUT2D eigenvalue weighted by Crippen LogP contribution is -2.18. The molecule has 5 nitrogen and oxygen atoms in total. The van der Waals surface area contributed by atoms with Crippen LogP contribution in [0.1, 0.15) is 29.4 Å². The maximum absolute atomic E-state index is 10.8. The number of hydrogen-bond donors (Lipinski definition) is 2. The van der Waals surface area contributed by atoms with Gasteiger partial charge in [0, 0.05) is 6.04 Å². The Bertz CT molecular complexity index is 572. The third-order valence-electron chi connectivity index (χ3n) is 2.96. The second-order valence-electron chi connectivity index (χ2n) is 4.66. The van der Waals surface area contributed by atoms with E-state index in [1.807, 2.05) is 25.1 Å². The number of carboxylic acids is 1. The highest BCUT2D eigenvalue weighted by molar-refractivity contribution is 5.85. The summed E-state index contributed by atoms with van der Waals surface area (Å²) in [4.78, 5) is 18.7. The molecule has 2 rings (SSSR count). The number of rotatable bonds is 6. The van der Waals surface area contributed by atoms with Crippen molar-refractivity contribution in [3.8, 4) is 0 Å². The van der Waals surface area contributed by atoms with E-state index in [1.54, 1.807) is 0 Å². The average molecular weight is 271 g/mol. The van der Waals surface area contributed by atoms with Gasteiger partial charge in [0.25, 0.3) is 0 Å². The molecular formula is C15H17N3O2. The van der Waals surface area contributed by atoms with Crippen molar-refractivity contribution in [2.24, 2.45) is 0 Å². The smallest absolute Gasteiger partial charge is 0.356 e. The predicted molar refractivity (Wildman–Crippen MR) is 76.8 cm³/mol. The maximum atomic E-state index is 10.8. The van der Waals surface area contributed by atoms with Crippen LogP contribution in [-0.2, 0) is 6.42 Å². The summed E-state index contributed by atoms with van der Waals surface area (Å²) in [5, 5.41) is 12.0. The molecule has 0 fully saturated rings. The van der Waals surface area contributed by atoms with Crippen LogP contribution in [0, 0.1) is 0 Å². The van der Waals surface area contributed by atoms with Gasteiger partial charge in [-0.3, -0.25) is 4.98 Å². The van der Waals surface area contributed by atoms with Gasteiger partial charge in [-0.2, -0.15) is 0 Å². The van der Waals surface area contributed by atoms with Crippen LogP contribution >= 0.6 is 0 Å².